The number of amidine groups is 1. The Labute approximate surface area is 185 Å². The Bertz CT molecular complexity index is 987. The number of thioether (sulfide) groups is 1. The second-order valence-corrected chi connectivity index (χ2v) is 8.20. The highest BCUT2D eigenvalue weighted by atomic mass is 32.2. The topological polar surface area (TPSA) is 101 Å². The van der Waals surface area contributed by atoms with Crippen molar-refractivity contribution in [3.63, 3.8) is 0 Å². The van der Waals surface area contributed by atoms with E-state index in [1.165, 1.54) is 4.90 Å². The molecule has 2 amide bonds. The van der Waals surface area contributed by atoms with Crippen molar-refractivity contribution >= 4 is 46.3 Å². The van der Waals surface area contributed by atoms with E-state index >= 15 is 0 Å². The van der Waals surface area contributed by atoms with Gasteiger partial charge in [0.05, 0.1) is 18.5 Å². The zero-order chi connectivity index (χ0) is 22.4. The minimum absolute atomic E-state index is 0.0582. The number of anilines is 2. The van der Waals surface area contributed by atoms with Crippen molar-refractivity contribution in [2.45, 2.75) is 18.6 Å². The van der Waals surface area contributed by atoms with Crippen molar-refractivity contribution in [3.8, 4) is 5.75 Å². The highest BCUT2D eigenvalue weighted by molar-refractivity contribution is 8.14. The van der Waals surface area contributed by atoms with Gasteiger partial charge in [-0.1, -0.05) is 23.9 Å². The standard InChI is InChI=1S/C22H25N5O3S/c1-4-30-18-11-9-17(10-12-18)27-20(28)13-19(21(27)29)31-22(23)25-24-14-15-5-7-16(8-6-15)26(2)3/h5-12,14,19H,4,13H2,1-3H3,(H2,23,25)/b24-14-/t19-/m1/s1. The van der Waals surface area contributed by atoms with Crippen molar-refractivity contribution in [2.75, 3.05) is 30.5 Å². The summed E-state index contributed by atoms with van der Waals surface area (Å²) in [6, 6.07) is 14.6. The van der Waals surface area contributed by atoms with Gasteiger partial charge in [-0.15, -0.1) is 5.10 Å². The van der Waals surface area contributed by atoms with Gasteiger partial charge in [-0.3, -0.25) is 9.59 Å². The number of amides is 2. The minimum atomic E-state index is -0.627. The van der Waals surface area contributed by atoms with Crippen LogP contribution >= 0.6 is 11.8 Å². The molecule has 1 heterocycles. The highest BCUT2D eigenvalue weighted by Gasteiger charge is 2.40. The van der Waals surface area contributed by atoms with E-state index in [0.29, 0.717) is 18.0 Å². The van der Waals surface area contributed by atoms with Crippen LogP contribution in [-0.2, 0) is 9.59 Å². The zero-order valence-electron chi connectivity index (χ0n) is 17.7. The molecule has 2 aromatic rings. The Morgan fingerprint density at radius 1 is 1.19 bits per heavy atom. The molecule has 1 aliphatic rings. The molecule has 0 aliphatic carbocycles. The SMILES string of the molecule is CCOc1ccc(N2C(=O)C[C@@H](SC(N)=N/N=C\c3ccc(N(C)C)cc3)C2=O)cc1. The van der Waals surface area contributed by atoms with E-state index in [2.05, 4.69) is 10.2 Å². The van der Waals surface area contributed by atoms with Gasteiger partial charge in [0, 0.05) is 26.2 Å². The summed E-state index contributed by atoms with van der Waals surface area (Å²) in [7, 11) is 3.94. The molecule has 0 radical (unpaired) electrons. The number of benzene rings is 2. The molecule has 0 bridgehead atoms. The van der Waals surface area contributed by atoms with Gasteiger partial charge in [0.15, 0.2) is 5.17 Å². The predicted octanol–water partition coefficient (Wildman–Crippen LogP) is 2.87. The fourth-order valence-corrected chi connectivity index (χ4v) is 3.82. The molecular weight excluding hydrogens is 414 g/mol. The van der Waals surface area contributed by atoms with Crippen molar-refractivity contribution < 1.29 is 14.3 Å². The maximum atomic E-state index is 12.7. The summed E-state index contributed by atoms with van der Waals surface area (Å²) in [5.74, 6) is 0.0892. The van der Waals surface area contributed by atoms with Crippen molar-refractivity contribution in [1.82, 2.24) is 0 Å². The van der Waals surface area contributed by atoms with Crippen LogP contribution in [0.5, 0.6) is 5.75 Å². The molecule has 0 aromatic heterocycles. The van der Waals surface area contributed by atoms with Crippen molar-refractivity contribution in [3.05, 3.63) is 54.1 Å². The van der Waals surface area contributed by atoms with Gasteiger partial charge in [0.2, 0.25) is 11.8 Å². The number of hydrogen-bond donors (Lipinski definition) is 1. The summed E-state index contributed by atoms with van der Waals surface area (Å²) in [6.07, 6.45) is 1.64. The number of rotatable bonds is 7. The molecule has 31 heavy (non-hydrogen) atoms. The molecule has 0 saturated carbocycles. The molecule has 1 saturated heterocycles. The average molecular weight is 440 g/mol. The lowest BCUT2D eigenvalue weighted by molar-refractivity contribution is -0.121. The Morgan fingerprint density at radius 3 is 2.48 bits per heavy atom. The Balaban J connectivity index is 1.61. The summed E-state index contributed by atoms with van der Waals surface area (Å²) >= 11 is 1.04. The maximum absolute atomic E-state index is 12.7. The minimum Gasteiger partial charge on any atom is -0.494 e. The zero-order valence-corrected chi connectivity index (χ0v) is 18.5. The molecule has 0 unspecified atom stereocenters. The van der Waals surface area contributed by atoms with Crippen LogP contribution < -0.4 is 20.3 Å². The Kier molecular flexibility index (Phi) is 7.30. The van der Waals surface area contributed by atoms with E-state index in [1.807, 2.05) is 50.2 Å². The fourth-order valence-electron chi connectivity index (χ4n) is 3.01. The van der Waals surface area contributed by atoms with E-state index in [-0.39, 0.29) is 23.4 Å². The second-order valence-electron chi connectivity index (χ2n) is 6.97. The monoisotopic (exact) mass is 439 g/mol. The van der Waals surface area contributed by atoms with Gasteiger partial charge >= 0.3 is 0 Å². The van der Waals surface area contributed by atoms with Gasteiger partial charge in [0.1, 0.15) is 11.0 Å². The van der Waals surface area contributed by atoms with E-state index in [0.717, 1.165) is 23.0 Å². The van der Waals surface area contributed by atoms with E-state index in [1.54, 1.807) is 30.5 Å². The number of carbonyl (C=O) groups is 2. The van der Waals surface area contributed by atoms with E-state index < -0.39 is 5.25 Å². The fraction of sp³-hybridized carbons (Fsp3) is 0.273. The molecule has 1 fully saturated rings. The van der Waals surface area contributed by atoms with E-state index in [9.17, 15) is 9.59 Å². The van der Waals surface area contributed by atoms with Crippen LogP contribution in [0.2, 0.25) is 0 Å². The first-order valence-electron chi connectivity index (χ1n) is 9.79. The third-order valence-electron chi connectivity index (χ3n) is 4.55. The smallest absolute Gasteiger partial charge is 0.247 e. The van der Waals surface area contributed by atoms with Crippen LogP contribution in [0.15, 0.2) is 58.7 Å². The summed E-state index contributed by atoms with van der Waals surface area (Å²) in [4.78, 5) is 28.3. The quantitative estimate of drug-likeness (QED) is 0.308. The molecule has 162 valence electrons. The van der Waals surface area contributed by atoms with Crippen LogP contribution in [0.1, 0.15) is 18.9 Å². The number of carbonyl (C=O) groups excluding carboxylic acids is 2. The number of hydrogen-bond acceptors (Lipinski definition) is 7. The van der Waals surface area contributed by atoms with Gasteiger partial charge in [-0.05, 0) is 48.9 Å². The third kappa shape index (κ3) is 5.64. The maximum Gasteiger partial charge on any atom is 0.247 e. The second kappa shape index (κ2) is 10.1. The first-order chi connectivity index (χ1) is 14.9. The van der Waals surface area contributed by atoms with Crippen LogP contribution in [0.3, 0.4) is 0 Å². The molecule has 8 nitrogen and oxygen atoms in total. The van der Waals surface area contributed by atoms with Gasteiger partial charge in [-0.25, -0.2) is 4.90 Å². The highest BCUT2D eigenvalue weighted by Crippen LogP contribution is 2.30. The first kappa shape index (κ1) is 22.4. The largest absolute Gasteiger partial charge is 0.494 e. The lowest BCUT2D eigenvalue weighted by atomic mass is 10.2. The first-order valence-corrected chi connectivity index (χ1v) is 10.7. The number of imide groups is 1. The van der Waals surface area contributed by atoms with Crippen LogP contribution in [0.25, 0.3) is 0 Å². The number of ether oxygens (including phenoxy) is 1. The van der Waals surface area contributed by atoms with Crippen LogP contribution in [0.4, 0.5) is 11.4 Å². The van der Waals surface area contributed by atoms with Crippen LogP contribution in [-0.4, -0.2) is 49.1 Å². The summed E-state index contributed by atoms with van der Waals surface area (Å²) in [5, 5.41) is 7.43. The number of nitrogens with zero attached hydrogens (tertiary/aromatic N) is 4. The average Bonchev–Trinajstić information content (AvgIpc) is 3.02. The van der Waals surface area contributed by atoms with Gasteiger partial charge < -0.3 is 15.4 Å². The lowest BCUT2D eigenvalue weighted by Crippen LogP contribution is -2.31. The third-order valence-corrected chi connectivity index (χ3v) is 5.52. The van der Waals surface area contributed by atoms with Crippen LogP contribution in [0, 0.1) is 0 Å². The summed E-state index contributed by atoms with van der Waals surface area (Å²) in [5.41, 5.74) is 8.39. The predicted molar refractivity (Wildman–Crippen MR) is 126 cm³/mol. The molecule has 1 atom stereocenters. The molecule has 2 N–H and O–H groups in total. The molecule has 3 rings (SSSR count). The summed E-state index contributed by atoms with van der Waals surface area (Å²) < 4.78 is 5.40. The van der Waals surface area contributed by atoms with Crippen molar-refractivity contribution in [2.24, 2.45) is 15.9 Å². The normalized spacial score (nSPS) is 16.9. The summed E-state index contributed by atoms with van der Waals surface area (Å²) in [6.45, 7) is 2.43. The van der Waals surface area contributed by atoms with Crippen molar-refractivity contribution in [1.29, 1.82) is 0 Å². The molecule has 9 heteroatoms. The Morgan fingerprint density at radius 2 is 1.87 bits per heavy atom. The van der Waals surface area contributed by atoms with Gasteiger partial charge in [-0.2, -0.15) is 5.10 Å². The number of nitrogens with two attached hydrogens (primary N) is 1. The van der Waals surface area contributed by atoms with Gasteiger partial charge in [0.25, 0.3) is 0 Å². The Hall–Kier alpha value is -3.33. The molecule has 2 aromatic carbocycles. The lowest BCUT2D eigenvalue weighted by Gasteiger charge is -2.15. The molecule has 0 spiro atoms. The molecule has 1 aliphatic heterocycles. The van der Waals surface area contributed by atoms with E-state index in [4.69, 9.17) is 10.5 Å². The molecular formula is C22H25N5O3S.